The normalized spacial score (nSPS) is 17.7. The van der Waals surface area contributed by atoms with Gasteiger partial charge in [-0.15, -0.1) is 0 Å². The number of halogens is 4. The Balaban J connectivity index is 1.65. The van der Waals surface area contributed by atoms with E-state index in [4.69, 9.17) is 20.9 Å². The minimum absolute atomic E-state index is 0.0296. The average Bonchev–Trinajstić information content (AvgIpc) is 2.84. The highest BCUT2D eigenvalue weighted by molar-refractivity contribution is 6.62. The maximum absolute atomic E-state index is 12.9. The SMILES string of the molecule is CC1(C)OB(c2ccc(NC(=O)Nc3ccc(Cl)c(C(F)(F)F)c3)cc2)OC1(C)C. The smallest absolute Gasteiger partial charge is 0.399 e. The third kappa shape index (κ3) is 4.74. The lowest BCUT2D eigenvalue weighted by molar-refractivity contribution is -0.137. The first-order valence-corrected chi connectivity index (χ1v) is 9.57. The van der Waals surface area contributed by atoms with E-state index < -0.39 is 41.1 Å². The molecule has 0 spiro atoms. The van der Waals surface area contributed by atoms with E-state index >= 15 is 0 Å². The molecule has 0 aromatic heterocycles. The lowest BCUT2D eigenvalue weighted by Crippen LogP contribution is -2.41. The van der Waals surface area contributed by atoms with Crippen LogP contribution in [-0.2, 0) is 15.5 Å². The van der Waals surface area contributed by atoms with Gasteiger partial charge < -0.3 is 19.9 Å². The van der Waals surface area contributed by atoms with Crippen LogP contribution in [0.1, 0.15) is 33.3 Å². The Morgan fingerprint density at radius 3 is 1.97 bits per heavy atom. The van der Waals surface area contributed by atoms with Crippen molar-refractivity contribution in [1.29, 1.82) is 0 Å². The second-order valence-electron chi connectivity index (χ2n) is 7.98. The summed E-state index contributed by atoms with van der Waals surface area (Å²) in [7, 11) is -0.535. The molecule has 0 saturated carbocycles. The fourth-order valence-electron chi connectivity index (χ4n) is 2.82. The van der Waals surface area contributed by atoms with Gasteiger partial charge in [0.25, 0.3) is 0 Å². The summed E-state index contributed by atoms with van der Waals surface area (Å²) >= 11 is 5.58. The van der Waals surface area contributed by atoms with Gasteiger partial charge in [-0.3, -0.25) is 0 Å². The predicted octanol–water partition coefficient (Wildman–Crippen LogP) is 5.30. The van der Waals surface area contributed by atoms with Crippen molar-refractivity contribution in [3.8, 4) is 0 Å². The zero-order valence-electron chi connectivity index (χ0n) is 16.9. The second kappa shape index (κ2) is 7.79. The summed E-state index contributed by atoms with van der Waals surface area (Å²) in [5.41, 5.74) is -0.748. The average molecular weight is 441 g/mol. The zero-order chi connectivity index (χ0) is 22.3. The van der Waals surface area contributed by atoms with Crippen LogP contribution in [0.15, 0.2) is 42.5 Å². The van der Waals surface area contributed by atoms with Crippen LogP contribution in [0, 0.1) is 0 Å². The highest BCUT2D eigenvalue weighted by Crippen LogP contribution is 2.37. The van der Waals surface area contributed by atoms with E-state index in [9.17, 15) is 18.0 Å². The Hall–Kier alpha value is -2.23. The van der Waals surface area contributed by atoms with Gasteiger partial charge >= 0.3 is 19.3 Å². The van der Waals surface area contributed by atoms with Crippen molar-refractivity contribution in [3.63, 3.8) is 0 Å². The molecule has 2 amide bonds. The zero-order valence-corrected chi connectivity index (χ0v) is 17.6. The van der Waals surface area contributed by atoms with Crippen molar-refractivity contribution in [2.75, 3.05) is 10.6 Å². The molecule has 0 atom stereocenters. The molecule has 1 heterocycles. The molecule has 1 fully saturated rings. The van der Waals surface area contributed by atoms with E-state index in [1.165, 1.54) is 6.07 Å². The third-order valence-corrected chi connectivity index (χ3v) is 5.55. The van der Waals surface area contributed by atoms with Gasteiger partial charge in [0.2, 0.25) is 0 Å². The number of nitrogens with one attached hydrogen (secondary N) is 2. The summed E-state index contributed by atoms with van der Waals surface area (Å²) < 4.78 is 50.8. The van der Waals surface area contributed by atoms with Crippen molar-refractivity contribution < 1.29 is 27.3 Å². The number of anilines is 2. The first-order chi connectivity index (χ1) is 13.8. The Labute approximate surface area is 178 Å². The first-order valence-electron chi connectivity index (χ1n) is 9.19. The van der Waals surface area contributed by atoms with Gasteiger partial charge in [-0.05, 0) is 63.5 Å². The van der Waals surface area contributed by atoms with Gasteiger partial charge in [-0.1, -0.05) is 23.7 Å². The van der Waals surface area contributed by atoms with Gasteiger partial charge in [-0.25, -0.2) is 4.79 Å². The van der Waals surface area contributed by atoms with Gasteiger partial charge in [0.05, 0.1) is 21.8 Å². The topological polar surface area (TPSA) is 59.6 Å². The van der Waals surface area contributed by atoms with Crippen molar-refractivity contribution in [2.24, 2.45) is 0 Å². The molecule has 30 heavy (non-hydrogen) atoms. The Bertz CT molecular complexity index is 933. The largest absolute Gasteiger partial charge is 0.494 e. The summed E-state index contributed by atoms with van der Waals surface area (Å²) in [5, 5.41) is 4.49. The molecular weight excluding hydrogens is 419 g/mol. The minimum Gasteiger partial charge on any atom is -0.399 e. The van der Waals surface area contributed by atoms with E-state index in [1.807, 2.05) is 27.7 Å². The van der Waals surface area contributed by atoms with Crippen LogP contribution < -0.4 is 16.1 Å². The number of alkyl halides is 3. The van der Waals surface area contributed by atoms with Crippen LogP contribution in [0.2, 0.25) is 5.02 Å². The molecule has 1 aliphatic rings. The number of amides is 2. The van der Waals surface area contributed by atoms with E-state index in [1.54, 1.807) is 24.3 Å². The molecule has 2 N–H and O–H groups in total. The maximum atomic E-state index is 12.9. The summed E-state index contributed by atoms with van der Waals surface area (Å²) in [4.78, 5) is 12.2. The summed E-state index contributed by atoms with van der Waals surface area (Å²) in [5.74, 6) is 0. The minimum atomic E-state index is -4.62. The summed E-state index contributed by atoms with van der Waals surface area (Å²) in [6.07, 6.45) is -4.62. The maximum Gasteiger partial charge on any atom is 0.494 e. The van der Waals surface area contributed by atoms with E-state index in [-0.39, 0.29) is 5.69 Å². The molecule has 2 aromatic carbocycles. The van der Waals surface area contributed by atoms with Gasteiger partial charge in [0.15, 0.2) is 0 Å². The monoisotopic (exact) mass is 440 g/mol. The molecule has 3 rings (SSSR count). The van der Waals surface area contributed by atoms with Crippen LogP contribution >= 0.6 is 11.6 Å². The first kappa shape index (κ1) is 22.5. The van der Waals surface area contributed by atoms with Crippen LogP contribution in [0.4, 0.5) is 29.3 Å². The van der Waals surface area contributed by atoms with Crippen molar-refractivity contribution in [3.05, 3.63) is 53.1 Å². The van der Waals surface area contributed by atoms with E-state index in [2.05, 4.69) is 10.6 Å². The quantitative estimate of drug-likeness (QED) is 0.637. The third-order valence-electron chi connectivity index (χ3n) is 5.22. The van der Waals surface area contributed by atoms with Crippen LogP contribution in [-0.4, -0.2) is 24.4 Å². The molecule has 0 bridgehead atoms. The van der Waals surface area contributed by atoms with Crippen LogP contribution in [0.25, 0.3) is 0 Å². The Morgan fingerprint density at radius 1 is 0.933 bits per heavy atom. The van der Waals surface area contributed by atoms with Crippen LogP contribution in [0.3, 0.4) is 0 Å². The molecular formula is C20H21BClF3N2O3. The lowest BCUT2D eigenvalue weighted by Gasteiger charge is -2.32. The molecule has 1 saturated heterocycles. The fourth-order valence-corrected chi connectivity index (χ4v) is 3.04. The number of hydrogen-bond acceptors (Lipinski definition) is 3. The highest BCUT2D eigenvalue weighted by Gasteiger charge is 2.51. The molecule has 160 valence electrons. The number of urea groups is 1. The van der Waals surface area contributed by atoms with Crippen molar-refractivity contribution >= 4 is 41.6 Å². The van der Waals surface area contributed by atoms with Gasteiger partial charge in [0.1, 0.15) is 0 Å². The number of rotatable bonds is 3. The van der Waals surface area contributed by atoms with Crippen molar-refractivity contribution in [1.82, 2.24) is 0 Å². The van der Waals surface area contributed by atoms with Crippen molar-refractivity contribution in [2.45, 2.75) is 45.1 Å². The molecule has 0 radical (unpaired) electrons. The predicted molar refractivity (Wildman–Crippen MR) is 111 cm³/mol. The molecule has 0 unspecified atom stereocenters. The van der Waals surface area contributed by atoms with Crippen LogP contribution in [0.5, 0.6) is 0 Å². The van der Waals surface area contributed by atoms with E-state index in [0.717, 1.165) is 17.6 Å². The summed E-state index contributed by atoms with van der Waals surface area (Å²) in [6.45, 7) is 7.81. The molecule has 10 heteroatoms. The molecule has 5 nitrogen and oxygen atoms in total. The lowest BCUT2D eigenvalue weighted by atomic mass is 9.79. The number of hydrogen-bond donors (Lipinski definition) is 2. The van der Waals surface area contributed by atoms with E-state index in [0.29, 0.717) is 5.69 Å². The standard InChI is InChI=1S/C20H21BClF3N2O3/c1-18(2)19(3,4)30-21(29-18)12-5-7-13(8-6-12)26-17(28)27-14-9-10-16(22)15(11-14)20(23,24)25/h5-11H,1-4H3,(H2,26,27,28). The number of benzene rings is 2. The fraction of sp³-hybridized carbons (Fsp3) is 0.350. The molecule has 1 aliphatic heterocycles. The number of carbonyl (C=O) groups excluding carboxylic acids is 1. The van der Waals surface area contributed by atoms with Gasteiger partial charge in [0, 0.05) is 11.4 Å². The Morgan fingerprint density at radius 2 is 1.43 bits per heavy atom. The van der Waals surface area contributed by atoms with Gasteiger partial charge in [-0.2, -0.15) is 13.2 Å². The highest BCUT2D eigenvalue weighted by atomic mass is 35.5. The molecule has 2 aromatic rings. The summed E-state index contributed by atoms with van der Waals surface area (Å²) in [6, 6.07) is 9.28. The Kier molecular flexibility index (Phi) is 5.83. The molecule has 0 aliphatic carbocycles. The second-order valence-corrected chi connectivity index (χ2v) is 8.39. The number of carbonyl (C=O) groups is 1.